The van der Waals surface area contributed by atoms with Crippen LogP contribution in [0.4, 0.5) is 0 Å². The summed E-state index contributed by atoms with van der Waals surface area (Å²) in [6.45, 7) is 3.86. The number of hydrogen-bond acceptors (Lipinski definition) is 1. The van der Waals surface area contributed by atoms with Gasteiger partial charge in [-0.2, -0.15) is 11.8 Å². The molecule has 7 heavy (non-hydrogen) atoms. The summed E-state index contributed by atoms with van der Waals surface area (Å²) in [7, 11) is 0. The monoisotopic (exact) mass is 179 g/mol. The summed E-state index contributed by atoms with van der Waals surface area (Å²) in [6.07, 6.45) is 0. The van der Waals surface area contributed by atoms with Crippen LogP contribution < -0.4 is 0 Å². The summed E-state index contributed by atoms with van der Waals surface area (Å²) in [4.78, 5) is 0.494. The van der Waals surface area contributed by atoms with Gasteiger partial charge in [0.2, 0.25) is 0 Å². The molecule has 1 saturated heterocycles. The maximum atomic E-state index is 3.86. The number of halogens is 1. The molecule has 0 saturated carbocycles. The second-order valence-corrected chi connectivity index (χ2v) is 4.06. The molecule has 1 unspecified atom stereocenters. The SMILES string of the molecule is [CH2]C(Br)C1CSC1. The van der Waals surface area contributed by atoms with E-state index < -0.39 is 0 Å². The highest BCUT2D eigenvalue weighted by Crippen LogP contribution is 2.30. The van der Waals surface area contributed by atoms with Crippen molar-refractivity contribution in [1.29, 1.82) is 0 Å². The van der Waals surface area contributed by atoms with Crippen LogP contribution in [0, 0.1) is 12.8 Å². The maximum absolute atomic E-state index is 3.86. The molecule has 0 aromatic rings. The highest BCUT2D eigenvalue weighted by atomic mass is 79.9. The zero-order chi connectivity index (χ0) is 5.28. The Bertz CT molecular complexity index is 59.1. The molecule has 41 valence electrons. The van der Waals surface area contributed by atoms with Crippen LogP contribution >= 0.6 is 27.7 Å². The van der Waals surface area contributed by atoms with Gasteiger partial charge in [-0.25, -0.2) is 0 Å². The van der Waals surface area contributed by atoms with Gasteiger partial charge in [0.1, 0.15) is 0 Å². The molecule has 0 amide bonds. The van der Waals surface area contributed by atoms with E-state index in [-0.39, 0.29) is 0 Å². The fraction of sp³-hybridized carbons (Fsp3) is 0.800. The summed E-state index contributed by atoms with van der Waals surface area (Å²) < 4.78 is 0. The Morgan fingerprint density at radius 3 is 2.29 bits per heavy atom. The second-order valence-electron chi connectivity index (χ2n) is 1.81. The number of alkyl halides is 1. The summed E-state index contributed by atoms with van der Waals surface area (Å²) in [5, 5.41) is 0. The van der Waals surface area contributed by atoms with Gasteiger partial charge in [0.05, 0.1) is 0 Å². The lowest BCUT2D eigenvalue weighted by molar-refractivity contribution is 0.673. The topological polar surface area (TPSA) is 0 Å². The van der Waals surface area contributed by atoms with Gasteiger partial charge in [-0.05, 0) is 24.3 Å². The molecule has 0 nitrogen and oxygen atoms in total. The largest absolute Gasteiger partial charge is 0.161 e. The lowest BCUT2D eigenvalue weighted by Crippen LogP contribution is -2.25. The molecule has 1 fully saturated rings. The summed E-state index contributed by atoms with van der Waals surface area (Å²) in [6, 6.07) is 0. The normalized spacial score (nSPS) is 26.6. The molecule has 0 N–H and O–H groups in total. The van der Waals surface area contributed by atoms with E-state index in [1.807, 2.05) is 11.8 Å². The molecule has 1 radical (unpaired) electrons. The molecule has 1 rings (SSSR count). The fourth-order valence-electron chi connectivity index (χ4n) is 0.463. The quantitative estimate of drug-likeness (QED) is 0.555. The average Bonchev–Trinajstić information content (AvgIpc) is 1.23. The predicted octanol–water partition coefficient (Wildman–Crippen LogP) is 1.95. The molecule has 0 aliphatic carbocycles. The van der Waals surface area contributed by atoms with Crippen molar-refractivity contribution >= 4 is 27.7 Å². The van der Waals surface area contributed by atoms with Crippen LogP contribution in [0.5, 0.6) is 0 Å². The minimum absolute atomic E-state index is 0.494. The van der Waals surface area contributed by atoms with Crippen molar-refractivity contribution in [2.75, 3.05) is 11.5 Å². The van der Waals surface area contributed by atoms with Crippen LogP contribution in [0.25, 0.3) is 0 Å². The van der Waals surface area contributed by atoms with Gasteiger partial charge in [-0.15, -0.1) is 0 Å². The fourth-order valence-corrected chi connectivity index (χ4v) is 2.30. The van der Waals surface area contributed by atoms with E-state index in [2.05, 4.69) is 22.9 Å². The van der Waals surface area contributed by atoms with Crippen molar-refractivity contribution < 1.29 is 0 Å². The lowest BCUT2D eigenvalue weighted by Gasteiger charge is -2.26. The van der Waals surface area contributed by atoms with E-state index in [9.17, 15) is 0 Å². The molecule has 0 spiro atoms. The van der Waals surface area contributed by atoms with Crippen molar-refractivity contribution in [3.05, 3.63) is 6.92 Å². The Morgan fingerprint density at radius 1 is 1.71 bits per heavy atom. The highest BCUT2D eigenvalue weighted by molar-refractivity contribution is 9.09. The maximum Gasteiger partial charge on any atom is 0.0190 e. The standard InChI is InChI=1S/C5H8BrS/c1-4(6)5-2-7-3-5/h4-5H,1-3H2. The number of thioether (sulfide) groups is 1. The third kappa shape index (κ3) is 1.36. The molecule has 1 aliphatic heterocycles. The first kappa shape index (κ1) is 5.96. The summed E-state index contributed by atoms with van der Waals surface area (Å²) in [5.74, 6) is 3.46. The zero-order valence-electron chi connectivity index (χ0n) is 4.06. The first-order valence-corrected chi connectivity index (χ1v) is 4.42. The third-order valence-corrected chi connectivity index (χ3v) is 3.25. The third-order valence-electron chi connectivity index (χ3n) is 1.18. The molecule has 1 atom stereocenters. The van der Waals surface area contributed by atoms with Crippen LogP contribution in [0.3, 0.4) is 0 Å². The van der Waals surface area contributed by atoms with Gasteiger partial charge < -0.3 is 0 Å². The smallest absolute Gasteiger partial charge is 0.0190 e. The van der Waals surface area contributed by atoms with Crippen LogP contribution in [0.2, 0.25) is 0 Å². The van der Waals surface area contributed by atoms with Gasteiger partial charge in [0.15, 0.2) is 0 Å². The highest BCUT2D eigenvalue weighted by Gasteiger charge is 2.21. The Hall–Kier alpha value is 0.830. The van der Waals surface area contributed by atoms with E-state index in [1.54, 1.807) is 0 Å². The van der Waals surface area contributed by atoms with Gasteiger partial charge in [0.25, 0.3) is 0 Å². The van der Waals surface area contributed by atoms with Gasteiger partial charge in [0, 0.05) is 4.83 Å². The molecule has 2 heteroatoms. The number of hydrogen-bond donors (Lipinski definition) is 0. The van der Waals surface area contributed by atoms with Crippen molar-refractivity contribution in [2.45, 2.75) is 4.83 Å². The first-order valence-electron chi connectivity index (χ1n) is 2.35. The van der Waals surface area contributed by atoms with Crippen LogP contribution in [0.1, 0.15) is 0 Å². The van der Waals surface area contributed by atoms with E-state index in [1.165, 1.54) is 11.5 Å². The van der Waals surface area contributed by atoms with E-state index >= 15 is 0 Å². The molecular formula is C5H8BrS. The molecular weight excluding hydrogens is 172 g/mol. The Balaban J connectivity index is 2.14. The molecule has 0 aromatic carbocycles. The van der Waals surface area contributed by atoms with Crippen LogP contribution in [-0.2, 0) is 0 Å². The average molecular weight is 180 g/mol. The lowest BCUT2D eigenvalue weighted by atomic mass is 10.1. The van der Waals surface area contributed by atoms with E-state index in [0.29, 0.717) is 4.83 Å². The first-order chi connectivity index (χ1) is 3.30. The van der Waals surface area contributed by atoms with Crippen molar-refractivity contribution in [3.63, 3.8) is 0 Å². The van der Waals surface area contributed by atoms with E-state index in [4.69, 9.17) is 0 Å². The minimum Gasteiger partial charge on any atom is -0.161 e. The Kier molecular flexibility index (Phi) is 2.04. The van der Waals surface area contributed by atoms with Gasteiger partial charge in [-0.3, -0.25) is 0 Å². The zero-order valence-corrected chi connectivity index (χ0v) is 6.46. The summed E-state index contributed by atoms with van der Waals surface area (Å²) >= 11 is 5.43. The molecule has 0 bridgehead atoms. The molecule has 1 aliphatic rings. The van der Waals surface area contributed by atoms with Crippen molar-refractivity contribution in [3.8, 4) is 0 Å². The van der Waals surface area contributed by atoms with E-state index in [0.717, 1.165) is 5.92 Å². The summed E-state index contributed by atoms with van der Waals surface area (Å²) in [5.41, 5.74) is 0. The predicted molar refractivity (Wildman–Crippen MR) is 38.9 cm³/mol. The Morgan fingerprint density at radius 2 is 2.29 bits per heavy atom. The van der Waals surface area contributed by atoms with Crippen molar-refractivity contribution in [1.82, 2.24) is 0 Å². The molecule has 1 heterocycles. The van der Waals surface area contributed by atoms with Gasteiger partial charge in [-0.1, -0.05) is 15.9 Å². The Labute approximate surface area is 57.2 Å². The van der Waals surface area contributed by atoms with Crippen LogP contribution in [-0.4, -0.2) is 16.3 Å². The van der Waals surface area contributed by atoms with Crippen molar-refractivity contribution in [2.24, 2.45) is 5.92 Å². The minimum atomic E-state index is 0.494. The van der Waals surface area contributed by atoms with Crippen LogP contribution in [0.15, 0.2) is 0 Å². The van der Waals surface area contributed by atoms with Gasteiger partial charge >= 0.3 is 0 Å². The second kappa shape index (κ2) is 2.40. The number of rotatable bonds is 1. The molecule has 0 aromatic heterocycles.